The van der Waals surface area contributed by atoms with Crippen LogP contribution in [0.5, 0.6) is 5.75 Å². The van der Waals surface area contributed by atoms with E-state index in [4.69, 9.17) is 4.74 Å². The maximum atomic E-state index is 13.7. The number of carbonyl (C=O) groups excluding carboxylic acids is 1. The molecule has 1 aromatic heterocycles. The molecule has 8 heteroatoms. The highest BCUT2D eigenvalue weighted by molar-refractivity contribution is 5.75. The highest BCUT2D eigenvalue weighted by Gasteiger charge is 2.23. The summed E-state index contributed by atoms with van der Waals surface area (Å²) < 4.78 is 19.0. The molecular weight excluding hydrogens is 361 g/mol. The molecule has 1 aromatic carbocycles. The quantitative estimate of drug-likeness (QED) is 0.854. The number of halogens is 1. The third-order valence-electron chi connectivity index (χ3n) is 4.96. The number of methoxy groups -OCH3 is 1. The van der Waals surface area contributed by atoms with Gasteiger partial charge in [-0.15, -0.1) is 0 Å². The zero-order valence-corrected chi connectivity index (χ0v) is 16.5. The molecule has 2 heterocycles. The maximum absolute atomic E-state index is 13.7. The molecule has 1 saturated heterocycles. The Morgan fingerprint density at radius 3 is 2.68 bits per heavy atom. The first kappa shape index (κ1) is 19.9. The lowest BCUT2D eigenvalue weighted by Gasteiger charge is -2.35. The van der Waals surface area contributed by atoms with E-state index in [-0.39, 0.29) is 17.9 Å². The van der Waals surface area contributed by atoms with E-state index in [9.17, 15) is 9.18 Å². The van der Waals surface area contributed by atoms with E-state index in [0.717, 1.165) is 12.2 Å². The van der Waals surface area contributed by atoms with Gasteiger partial charge in [0.1, 0.15) is 23.7 Å². The Bertz CT molecular complexity index is 824. The molecular formula is C20H26FN5O2. The molecule has 2 aromatic rings. The molecule has 1 N–H and O–H groups in total. The molecule has 0 spiro atoms. The molecule has 28 heavy (non-hydrogen) atoms. The van der Waals surface area contributed by atoms with Gasteiger partial charge in [0.2, 0.25) is 0 Å². The van der Waals surface area contributed by atoms with E-state index in [0.29, 0.717) is 43.2 Å². The van der Waals surface area contributed by atoms with Gasteiger partial charge in [-0.25, -0.2) is 19.2 Å². The number of anilines is 1. The van der Waals surface area contributed by atoms with Crippen LogP contribution in [-0.2, 0) is 0 Å². The number of nitrogens with zero attached hydrogens (tertiary/aromatic N) is 4. The van der Waals surface area contributed by atoms with Crippen LogP contribution in [0.1, 0.15) is 20.3 Å². The number of hydrogen-bond donors (Lipinski definition) is 1. The largest absolute Gasteiger partial charge is 0.496 e. The van der Waals surface area contributed by atoms with Crippen LogP contribution < -0.4 is 15.0 Å². The van der Waals surface area contributed by atoms with Crippen molar-refractivity contribution in [2.75, 3.05) is 38.2 Å². The van der Waals surface area contributed by atoms with Crippen molar-refractivity contribution in [1.29, 1.82) is 0 Å². The molecule has 1 atom stereocenters. The van der Waals surface area contributed by atoms with E-state index in [1.165, 1.54) is 18.5 Å². The minimum atomic E-state index is -0.350. The normalized spacial score (nSPS) is 15.3. The molecule has 0 bridgehead atoms. The molecule has 0 saturated carbocycles. The van der Waals surface area contributed by atoms with E-state index in [1.54, 1.807) is 13.2 Å². The summed E-state index contributed by atoms with van der Waals surface area (Å²) in [5.74, 6) is 0.952. The minimum Gasteiger partial charge on any atom is -0.496 e. The van der Waals surface area contributed by atoms with Crippen molar-refractivity contribution in [3.05, 3.63) is 36.4 Å². The second-order valence-corrected chi connectivity index (χ2v) is 6.84. The maximum Gasteiger partial charge on any atom is 0.317 e. The number of amides is 2. The van der Waals surface area contributed by atoms with E-state index < -0.39 is 0 Å². The summed E-state index contributed by atoms with van der Waals surface area (Å²) in [4.78, 5) is 24.8. The molecule has 0 radical (unpaired) electrons. The minimum absolute atomic E-state index is 0.0260. The zero-order chi connectivity index (χ0) is 20.1. The van der Waals surface area contributed by atoms with Crippen molar-refractivity contribution in [3.8, 4) is 17.0 Å². The Morgan fingerprint density at radius 1 is 1.25 bits per heavy atom. The lowest BCUT2D eigenvalue weighted by Crippen LogP contribution is -2.53. The molecule has 2 amide bonds. The van der Waals surface area contributed by atoms with Crippen LogP contribution >= 0.6 is 0 Å². The van der Waals surface area contributed by atoms with Gasteiger partial charge in [0, 0.05) is 43.9 Å². The highest BCUT2D eigenvalue weighted by Crippen LogP contribution is 2.30. The fraction of sp³-hybridized carbons (Fsp3) is 0.450. The lowest BCUT2D eigenvalue weighted by molar-refractivity contribution is 0.190. The number of carbonyl (C=O) groups is 1. The zero-order valence-electron chi connectivity index (χ0n) is 16.5. The number of piperazine rings is 1. The molecule has 7 nitrogen and oxygen atoms in total. The van der Waals surface area contributed by atoms with Gasteiger partial charge in [-0.05, 0) is 31.5 Å². The number of urea groups is 1. The fourth-order valence-electron chi connectivity index (χ4n) is 3.09. The van der Waals surface area contributed by atoms with Crippen molar-refractivity contribution >= 4 is 11.8 Å². The van der Waals surface area contributed by atoms with Gasteiger partial charge in [0.25, 0.3) is 0 Å². The first-order chi connectivity index (χ1) is 13.5. The summed E-state index contributed by atoms with van der Waals surface area (Å²) in [5, 5.41) is 3.00. The van der Waals surface area contributed by atoms with Crippen molar-refractivity contribution in [2.24, 2.45) is 0 Å². The van der Waals surface area contributed by atoms with Crippen molar-refractivity contribution < 1.29 is 13.9 Å². The predicted molar refractivity (Wildman–Crippen MR) is 106 cm³/mol. The van der Waals surface area contributed by atoms with Gasteiger partial charge in [0.05, 0.1) is 12.8 Å². The van der Waals surface area contributed by atoms with E-state index >= 15 is 0 Å². The summed E-state index contributed by atoms with van der Waals surface area (Å²) in [5.41, 5.74) is 1.18. The Morgan fingerprint density at radius 2 is 2.00 bits per heavy atom. The number of nitrogens with one attached hydrogen (secondary N) is 1. The number of benzene rings is 1. The van der Waals surface area contributed by atoms with Crippen LogP contribution in [0, 0.1) is 5.82 Å². The molecule has 1 aliphatic rings. The van der Waals surface area contributed by atoms with Gasteiger partial charge in [-0.3, -0.25) is 0 Å². The first-order valence-electron chi connectivity index (χ1n) is 9.48. The Balaban J connectivity index is 1.71. The van der Waals surface area contributed by atoms with Gasteiger partial charge in [-0.2, -0.15) is 0 Å². The van der Waals surface area contributed by atoms with Gasteiger partial charge >= 0.3 is 6.03 Å². The summed E-state index contributed by atoms with van der Waals surface area (Å²) in [6, 6.07) is 6.31. The van der Waals surface area contributed by atoms with Gasteiger partial charge < -0.3 is 19.9 Å². The standard InChI is InChI=1S/C20H26FN5O2/c1-4-14(2)24-20(27)26-9-7-25(8-10-26)19-12-17(22-13-23-19)16-11-15(21)5-6-18(16)28-3/h5-6,11-14H,4,7-10H2,1-3H3,(H,24,27)/t14-/m0/s1. The van der Waals surface area contributed by atoms with Crippen LogP contribution in [0.25, 0.3) is 11.3 Å². The molecule has 0 aliphatic carbocycles. The average molecular weight is 387 g/mol. The topological polar surface area (TPSA) is 70.6 Å². The molecule has 1 aliphatic heterocycles. The fourth-order valence-corrected chi connectivity index (χ4v) is 3.09. The van der Waals surface area contributed by atoms with Crippen molar-refractivity contribution in [3.63, 3.8) is 0 Å². The van der Waals surface area contributed by atoms with Crippen LogP contribution in [0.15, 0.2) is 30.6 Å². The monoisotopic (exact) mass is 387 g/mol. The first-order valence-corrected chi connectivity index (χ1v) is 9.48. The number of hydrogen-bond acceptors (Lipinski definition) is 5. The molecule has 3 rings (SSSR count). The van der Waals surface area contributed by atoms with Gasteiger partial charge in [-0.1, -0.05) is 6.92 Å². The third-order valence-corrected chi connectivity index (χ3v) is 4.96. The molecule has 1 fully saturated rings. The summed E-state index contributed by atoms with van der Waals surface area (Å²) >= 11 is 0. The van der Waals surface area contributed by atoms with Crippen molar-refractivity contribution in [1.82, 2.24) is 20.2 Å². The number of aromatic nitrogens is 2. The summed E-state index contributed by atoms with van der Waals surface area (Å²) in [6.45, 7) is 6.62. The smallest absolute Gasteiger partial charge is 0.317 e. The SMILES string of the molecule is CC[C@H](C)NC(=O)N1CCN(c2cc(-c3cc(F)ccc3OC)ncn2)CC1. The average Bonchev–Trinajstić information content (AvgIpc) is 2.73. The Hall–Kier alpha value is -2.90. The lowest BCUT2D eigenvalue weighted by atomic mass is 10.1. The number of rotatable bonds is 5. The van der Waals surface area contributed by atoms with Gasteiger partial charge in [0.15, 0.2) is 0 Å². The van der Waals surface area contributed by atoms with Crippen LogP contribution in [0.3, 0.4) is 0 Å². The van der Waals surface area contributed by atoms with Crippen LogP contribution in [-0.4, -0.2) is 60.2 Å². The molecule has 0 unspecified atom stereocenters. The van der Waals surface area contributed by atoms with Crippen molar-refractivity contribution in [2.45, 2.75) is 26.3 Å². The third kappa shape index (κ3) is 4.49. The van der Waals surface area contributed by atoms with Crippen LogP contribution in [0.2, 0.25) is 0 Å². The van der Waals surface area contributed by atoms with E-state index in [1.807, 2.05) is 24.8 Å². The van der Waals surface area contributed by atoms with Crippen LogP contribution in [0.4, 0.5) is 15.0 Å². The summed E-state index contributed by atoms with van der Waals surface area (Å²) in [6.07, 6.45) is 2.37. The second kappa shape index (κ2) is 8.86. The summed E-state index contributed by atoms with van der Waals surface area (Å²) in [7, 11) is 1.54. The Kier molecular flexibility index (Phi) is 6.28. The second-order valence-electron chi connectivity index (χ2n) is 6.84. The predicted octanol–water partition coefficient (Wildman–Crippen LogP) is 2.92. The van der Waals surface area contributed by atoms with E-state index in [2.05, 4.69) is 20.2 Å². The molecule has 150 valence electrons. The Labute approximate surface area is 164 Å². The highest BCUT2D eigenvalue weighted by atomic mass is 19.1. The number of ether oxygens (including phenoxy) is 1.